The normalized spacial score (nSPS) is 13.2. The molecule has 0 bridgehead atoms. The Bertz CT molecular complexity index is 595. The van der Waals surface area contributed by atoms with Crippen molar-refractivity contribution in [2.75, 3.05) is 0 Å². The second-order valence-corrected chi connectivity index (χ2v) is 5.73. The van der Waals surface area contributed by atoms with E-state index in [1.165, 1.54) is 6.08 Å². The number of amidine groups is 1. The van der Waals surface area contributed by atoms with Gasteiger partial charge in [0.2, 0.25) is 0 Å². The number of hydrogen-bond donors (Lipinski definition) is 1. The SMILES string of the molecule is CCC(N)=NS(=O)(=O)C=Cc1ccc(Cl)c(Cl)c1. The lowest BCUT2D eigenvalue weighted by Gasteiger charge is -1.97. The van der Waals surface area contributed by atoms with Crippen molar-refractivity contribution in [3.63, 3.8) is 0 Å². The van der Waals surface area contributed by atoms with Crippen LogP contribution in [0.5, 0.6) is 0 Å². The Morgan fingerprint density at radius 2 is 2.06 bits per heavy atom. The molecule has 0 unspecified atom stereocenters. The number of nitrogens with two attached hydrogens (primary N) is 1. The Hall–Kier alpha value is -1.04. The zero-order valence-electron chi connectivity index (χ0n) is 9.60. The van der Waals surface area contributed by atoms with Gasteiger partial charge in [-0.1, -0.05) is 36.2 Å². The van der Waals surface area contributed by atoms with E-state index in [0.29, 0.717) is 22.0 Å². The summed E-state index contributed by atoms with van der Waals surface area (Å²) in [7, 11) is -3.71. The quantitative estimate of drug-likeness (QED) is 0.686. The van der Waals surface area contributed by atoms with E-state index in [1.54, 1.807) is 25.1 Å². The Morgan fingerprint density at radius 3 is 2.61 bits per heavy atom. The van der Waals surface area contributed by atoms with E-state index in [9.17, 15) is 8.42 Å². The van der Waals surface area contributed by atoms with E-state index in [2.05, 4.69) is 4.40 Å². The summed E-state index contributed by atoms with van der Waals surface area (Å²) in [5.41, 5.74) is 5.98. The number of sulfonamides is 1. The third-order valence-corrected chi connectivity index (χ3v) is 3.69. The lowest BCUT2D eigenvalue weighted by molar-refractivity contribution is 0.606. The van der Waals surface area contributed by atoms with Gasteiger partial charge in [-0.05, 0) is 23.8 Å². The van der Waals surface area contributed by atoms with Crippen molar-refractivity contribution in [1.29, 1.82) is 0 Å². The van der Waals surface area contributed by atoms with Crippen LogP contribution in [0.25, 0.3) is 6.08 Å². The average Bonchev–Trinajstić information content (AvgIpc) is 2.30. The number of nitrogens with zero attached hydrogens (tertiary/aromatic N) is 1. The molecule has 18 heavy (non-hydrogen) atoms. The van der Waals surface area contributed by atoms with Gasteiger partial charge in [0.05, 0.1) is 15.5 Å². The van der Waals surface area contributed by atoms with Crippen LogP contribution in [-0.2, 0) is 10.0 Å². The molecular formula is C11H12Cl2N2O2S. The molecule has 0 saturated carbocycles. The third kappa shape index (κ3) is 4.68. The van der Waals surface area contributed by atoms with Gasteiger partial charge in [0.25, 0.3) is 10.0 Å². The molecule has 0 saturated heterocycles. The second-order valence-electron chi connectivity index (χ2n) is 3.43. The number of hydrogen-bond acceptors (Lipinski definition) is 2. The van der Waals surface area contributed by atoms with Crippen LogP contribution >= 0.6 is 23.2 Å². The van der Waals surface area contributed by atoms with Crippen molar-refractivity contribution in [3.8, 4) is 0 Å². The molecule has 0 heterocycles. The van der Waals surface area contributed by atoms with E-state index < -0.39 is 10.0 Å². The summed E-state index contributed by atoms with van der Waals surface area (Å²) in [5.74, 6) is 0.0637. The largest absolute Gasteiger partial charge is 0.386 e. The number of rotatable bonds is 4. The van der Waals surface area contributed by atoms with Gasteiger partial charge in [0.15, 0.2) is 0 Å². The topological polar surface area (TPSA) is 72.5 Å². The van der Waals surface area contributed by atoms with Crippen LogP contribution < -0.4 is 5.73 Å². The molecule has 0 radical (unpaired) electrons. The first-order valence-electron chi connectivity index (χ1n) is 5.06. The van der Waals surface area contributed by atoms with Crippen molar-refractivity contribution in [3.05, 3.63) is 39.2 Å². The molecule has 1 aromatic rings. The van der Waals surface area contributed by atoms with Crippen LogP contribution in [0.1, 0.15) is 18.9 Å². The molecular weight excluding hydrogens is 295 g/mol. The van der Waals surface area contributed by atoms with Gasteiger partial charge in [0, 0.05) is 6.42 Å². The molecule has 1 rings (SSSR count). The smallest absolute Gasteiger partial charge is 0.277 e. The predicted octanol–water partition coefficient (Wildman–Crippen LogP) is 3.06. The molecule has 7 heteroatoms. The first-order chi connectivity index (χ1) is 8.34. The zero-order chi connectivity index (χ0) is 13.8. The van der Waals surface area contributed by atoms with Crippen LogP contribution in [0, 0.1) is 0 Å². The van der Waals surface area contributed by atoms with E-state index in [-0.39, 0.29) is 5.84 Å². The Labute approximate surface area is 116 Å². The van der Waals surface area contributed by atoms with Gasteiger partial charge in [-0.3, -0.25) is 0 Å². The van der Waals surface area contributed by atoms with Crippen LogP contribution in [0.3, 0.4) is 0 Å². The maximum Gasteiger partial charge on any atom is 0.277 e. The summed E-state index contributed by atoms with van der Waals surface area (Å²) in [6, 6.07) is 4.79. The van der Waals surface area contributed by atoms with Crippen LogP contribution in [0.2, 0.25) is 10.0 Å². The molecule has 0 fully saturated rings. The Balaban J connectivity index is 2.96. The fraction of sp³-hybridized carbons (Fsp3) is 0.182. The standard InChI is InChI=1S/C11H12Cl2N2O2S/c1-2-11(14)15-18(16,17)6-5-8-3-4-9(12)10(13)7-8/h3-7H,2H2,1H3,(H2,14,15). The highest BCUT2D eigenvalue weighted by Crippen LogP contribution is 2.23. The minimum atomic E-state index is -3.71. The van der Waals surface area contributed by atoms with E-state index in [0.717, 1.165) is 5.41 Å². The molecule has 0 aliphatic carbocycles. The monoisotopic (exact) mass is 306 g/mol. The molecule has 0 aliphatic heterocycles. The molecule has 98 valence electrons. The van der Waals surface area contributed by atoms with Crippen molar-refractivity contribution in [2.45, 2.75) is 13.3 Å². The van der Waals surface area contributed by atoms with Gasteiger partial charge in [-0.2, -0.15) is 8.42 Å². The van der Waals surface area contributed by atoms with E-state index in [4.69, 9.17) is 28.9 Å². The zero-order valence-corrected chi connectivity index (χ0v) is 11.9. The lowest BCUT2D eigenvalue weighted by Crippen LogP contribution is -2.11. The number of halogens is 2. The lowest BCUT2D eigenvalue weighted by atomic mass is 10.2. The predicted molar refractivity (Wildman–Crippen MR) is 76.3 cm³/mol. The first-order valence-corrected chi connectivity index (χ1v) is 7.32. The van der Waals surface area contributed by atoms with E-state index >= 15 is 0 Å². The molecule has 0 aliphatic rings. The van der Waals surface area contributed by atoms with Gasteiger partial charge >= 0.3 is 0 Å². The molecule has 1 aromatic carbocycles. The highest BCUT2D eigenvalue weighted by atomic mass is 35.5. The summed E-state index contributed by atoms with van der Waals surface area (Å²) in [5, 5.41) is 1.73. The van der Waals surface area contributed by atoms with Crippen LogP contribution in [0.15, 0.2) is 28.0 Å². The van der Waals surface area contributed by atoms with Crippen molar-refractivity contribution >= 4 is 45.1 Å². The molecule has 0 amide bonds. The molecule has 2 N–H and O–H groups in total. The molecule has 0 spiro atoms. The number of benzene rings is 1. The summed E-state index contributed by atoms with van der Waals surface area (Å²) in [6.07, 6.45) is 1.75. The summed E-state index contributed by atoms with van der Waals surface area (Å²) in [6.45, 7) is 1.72. The maximum atomic E-state index is 11.5. The highest BCUT2D eigenvalue weighted by molar-refractivity contribution is 7.93. The Morgan fingerprint density at radius 1 is 1.39 bits per heavy atom. The fourth-order valence-electron chi connectivity index (χ4n) is 1.04. The summed E-state index contributed by atoms with van der Waals surface area (Å²) >= 11 is 11.6. The first kappa shape index (κ1) is 15.0. The minimum absolute atomic E-state index is 0.0637. The van der Waals surface area contributed by atoms with Gasteiger partial charge < -0.3 is 5.73 Å². The average molecular weight is 307 g/mol. The maximum absolute atomic E-state index is 11.5. The molecule has 0 atom stereocenters. The summed E-state index contributed by atoms with van der Waals surface area (Å²) < 4.78 is 26.4. The molecule has 0 aromatic heterocycles. The van der Waals surface area contributed by atoms with Gasteiger partial charge in [-0.15, -0.1) is 4.40 Å². The highest BCUT2D eigenvalue weighted by Gasteiger charge is 2.04. The second kappa shape index (κ2) is 6.22. The Kier molecular flexibility index (Phi) is 5.19. The van der Waals surface area contributed by atoms with Crippen LogP contribution in [-0.4, -0.2) is 14.3 Å². The van der Waals surface area contributed by atoms with Crippen molar-refractivity contribution in [1.82, 2.24) is 0 Å². The molecule has 4 nitrogen and oxygen atoms in total. The van der Waals surface area contributed by atoms with Crippen molar-refractivity contribution < 1.29 is 8.42 Å². The van der Waals surface area contributed by atoms with Crippen molar-refractivity contribution in [2.24, 2.45) is 10.1 Å². The third-order valence-electron chi connectivity index (χ3n) is 1.98. The van der Waals surface area contributed by atoms with E-state index in [1.807, 2.05) is 0 Å². The van der Waals surface area contributed by atoms with Crippen LogP contribution in [0.4, 0.5) is 0 Å². The minimum Gasteiger partial charge on any atom is -0.386 e. The fourth-order valence-corrected chi connectivity index (χ4v) is 2.19. The summed E-state index contributed by atoms with van der Waals surface area (Å²) in [4.78, 5) is 0. The van der Waals surface area contributed by atoms with Gasteiger partial charge in [0.1, 0.15) is 5.84 Å². The van der Waals surface area contributed by atoms with Gasteiger partial charge in [-0.25, -0.2) is 0 Å².